The van der Waals surface area contributed by atoms with Gasteiger partial charge in [0.05, 0.1) is 0 Å². The van der Waals surface area contributed by atoms with Crippen LogP contribution in [0.3, 0.4) is 0 Å². The van der Waals surface area contributed by atoms with E-state index in [4.69, 9.17) is 13.8 Å². The number of aromatic nitrogens is 4. The molecule has 5 nitrogen and oxygen atoms in total. The molecule has 0 amide bonds. The van der Waals surface area contributed by atoms with E-state index >= 15 is 0 Å². The molecule has 0 spiro atoms. The van der Waals surface area contributed by atoms with Crippen molar-refractivity contribution >= 4 is 32.8 Å². The maximum atomic E-state index is 8.21. The number of nitrogens with zero attached hydrogens (tertiary/aromatic N) is 4. The van der Waals surface area contributed by atoms with E-state index in [1.165, 1.54) is 39.5 Å². The Morgan fingerprint density at radius 3 is 2.40 bits per heavy atom. The molecule has 4 aromatic carbocycles. The van der Waals surface area contributed by atoms with Crippen molar-refractivity contribution in [3.63, 3.8) is 0 Å². The van der Waals surface area contributed by atoms with Gasteiger partial charge < -0.3 is 0 Å². The van der Waals surface area contributed by atoms with Crippen LogP contribution in [0.15, 0.2) is 97.2 Å². The van der Waals surface area contributed by atoms with Crippen LogP contribution in [0.2, 0.25) is 0 Å². The van der Waals surface area contributed by atoms with Gasteiger partial charge in [-0.1, -0.05) is 34.6 Å². The van der Waals surface area contributed by atoms with Gasteiger partial charge in [-0.05, 0) is 52.8 Å². The van der Waals surface area contributed by atoms with Crippen molar-refractivity contribution in [2.24, 2.45) is 6.98 Å². The zero-order chi connectivity index (χ0) is 35.2. The molecule has 0 radical (unpaired) electrons. The van der Waals surface area contributed by atoms with Gasteiger partial charge >= 0.3 is 198 Å². The molecule has 0 atom stereocenters. The Bertz CT molecular complexity index is 2530. The third-order valence-corrected chi connectivity index (χ3v) is 10.8. The molecular formula is C41H40N4OPt. The van der Waals surface area contributed by atoms with Crippen LogP contribution in [0.5, 0.6) is 11.5 Å². The fourth-order valence-electron chi connectivity index (χ4n) is 7.28. The van der Waals surface area contributed by atoms with Gasteiger partial charge in [0.25, 0.3) is 0 Å². The number of hydrogen-bond acceptors (Lipinski definition) is 2. The van der Waals surface area contributed by atoms with Crippen molar-refractivity contribution in [2.45, 2.75) is 64.7 Å². The Morgan fingerprint density at radius 2 is 1.60 bits per heavy atom. The van der Waals surface area contributed by atoms with Gasteiger partial charge in [0.1, 0.15) is 0 Å². The Kier molecular flexibility index (Phi) is 6.23. The molecule has 3 heterocycles. The van der Waals surface area contributed by atoms with E-state index in [0.29, 0.717) is 20.8 Å². The number of para-hydroxylation sites is 2. The first kappa shape index (κ1) is 26.8. The van der Waals surface area contributed by atoms with Crippen LogP contribution in [0, 0.1) is 3.80 Å². The number of hydrogen-bond donors (Lipinski definition) is 0. The second-order valence-corrected chi connectivity index (χ2v) is 15.4. The maximum absolute atomic E-state index is 8.21. The van der Waals surface area contributed by atoms with E-state index in [-0.39, 0.29) is 10.8 Å². The molecule has 0 saturated heterocycles. The van der Waals surface area contributed by atoms with Crippen LogP contribution in [0.1, 0.15) is 68.3 Å². The summed E-state index contributed by atoms with van der Waals surface area (Å²) in [7, 11) is 0. The van der Waals surface area contributed by atoms with Crippen molar-refractivity contribution in [3.05, 3.63) is 118 Å². The van der Waals surface area contributed by atoms with Gasteiger partial charge in [-0.3, -0.25) is 0 Å². The molecule has 0 fully saturated rings. The summed E-state index contributed by atoms with van der Waals surface area (Å²) >= 11 is 2.10. The second kappa shape index (κ2) is 10.9. The van der Waals surface area contributed by atoms with Crippen molar-refractivity contribution in [1.82, 2.24) is 18.7 Å². The van der Waals surface area contributed by atoms with Crippen LogP contribution in [0.4, 0.5) is 0 Å². The van der Waals surface area contributed by atoms with E-state index < -0.39 is 6.98 Å². The molecular weight excluding hydrogens is 760 g/mol. The Hall–Kier alpha value is -4.21. The number of pyridine rings is 1. The van der Waals surface area contributed by atoms with Gasteiger partial charge in [0.2, 0.25) is 0 Å². The van der Waals surface area contributed by atoms with Gasteiger partial charge in [-0.15, -0.1) is 0 Å². The summed E-state index contributed by atoms with van der Waals surface area (Å²) in [6.45, 7) is 9.11. The summed E-state index contributed by atoms with van der Waals surface area (Å²) in [6.07, 6.45) is 5.39. The number of fused-ring (bicyclic) bond motifs is 5. The second-order valence-electron chi connectivity index (χ2n) is 14.4. The van der Waals surface area contributed by atoms with Crippen LogP contribution in [-0.2, 0) is 43.6 Å². The van der Waals surface area contributed by atoms with Gasteiger partial charge in [0, 0.05) is 6.20 Å². The van der Waals surface area contributed by atoms with Crippen molar-refractivity contribution in [1.29, 1.82) is 0 Å². The predicted octanol–water partition coefficient (Wildman–Crippen LogP) is 10.2. The molecule has 240 valence electrons. The average molecular weight is 803 g/mol. The molecule has 0 aliphatic heterocycles. The summed E-state index contributed by atoms with van der Waals surface area (Å²) < 4.78 is 37.5. The van der Waals surface area contributed by atoms with E-state index in [2.05, 4.69) is 94.9 Å². The monoisotopic (exact) mass is 802 g/mol. The fraction of sp³-hybridized carbons (Fsp3) is 0.268. The third-order valence-electron chi connectivity index (χ3n) is 9.80. The van der Waals surface area contributed by atoms with E-state index in [1.54, 1.807) is 0 Å². The van der Waals surface area contributed by atoms with Crippen LogP contribution < -0.4 is 4.74 Å². The zero-order valence-corrected chi connectivity index (χ0v) is 29.6. The molecule has 1 aliphatic rings. The summed E-state index contributed by atoms with van der Waals surface area (Å²) in [4.78, 5) is 4.93. The molecule has 3 aromatic heterocycles. The fourth-order valence-corrected chi connectivity index (χ4v) is 8.12. The standard InChI is InChI=1S/C41H40N4O.Pt/c1-40(2,3)28-18-20-42-39(22-28)45-37-24-31(16-17-32(37)33-21-27-11-10-19-41(4,5)34(27)25-38(33)45)46-30-13-9-12-29(23-30)44-26-43(6)35-14-7-8-15-36(35)44;/h7-9,12-18,20-25H,10-11,19H2,1-6H3;/i6D3;. The molecule has 0 N–H and O–H groups in total. The van der Waals surface area contributed by atoms with E-state index in [0.717, 1.165) is 39.9 Å². The Balaban J connectivity index is 1.28. The number of imidazole rings is 1. The number of ether oxygens (including phenoxy) is 1. The minimum atomic E-state index is -2.32. The topological polar surface area (TPSA) is 36.9 Å². The minimum absolute atomic E-state index is 0.0252. The number of benzene rings is 4. The zero-order valence-electron chi connectivity index (χ0n) is 30.4. The molecule has 47 heavy (non-hydrogen) atoms. The van der Waals surface area contributed by atoms with Crippen molar-refractivity contribution < 1.29 is 28.2 Å². The summed E-state index contributed by atoms with van der Waals surface area (Å²) in [5.74, 6) is 2.26. The number of rotatable bonds is 4. The summed E-state index contributed by atoms with van der Waals surface area (Å²) in [5, 5.41) is 2.39. The Morgan fingerprint density at radius 1 is 0.809 bits per heavy atom. The predicted molar refractivity (Wildman–Crippen MR) is 189 cm³/mol. The normalized spacial score (nSPS) is 15.9. The summed E-state index contributed by atoms with van der Waals surface area (Å²) in [6, 6.07) is 30.9. The molecule has 0 bridgehead atoms. The quantitative estimate of drug-likeness (QED) is 0.178. The van der Waals surface area contributed by atoms with Gasteiger partial charge in [-0.2, -0.15) is 0 Å². The van der Waals surface area contributed by atoms with Crippen LogP contribution in [0.25, 0.3) is 44.3 Å². The SMILES string of the molecule is [2H]C([2H])([2H])n1[c](=[Pt])n(-c2cccc(Oc3ccc4c5cc6c(cc5n(-c5cc(C(C)(C)C)ccn5)c4c3)C(C)(C)CCC6)c2)c2ccccc21. The van der Waals surface area contributed by atoms with Crippen molar-refractivity contribution in [3.8, 4) is 23.0 Å². The summed E-state index contributed by atoms with van der Waals surface area (Å²) in [5.41, 5.74) is 8.65. The molecule has 0 unspecified atom stereocenters. The van der Waals surface area contributed by atoms with Crippen LogP contribution in [-0.4, -0.2) is 18.7 Å². The first-order valence-electron chi connectivity index (χ1n) is 17.8. The first-order chi connectivity index (χ1) is 23.7. The number of aryl methyl sites for hydroxylation is 2. The van der Waals surface area contributed by atoms with E-state index in [9.17, 15) is 0 Å². The van der Waals surface area contributed by atoms with Crippen LogP contribution >= 0.6 is 0 Å². The van der Waals surface area contributed by atoms with Gasteiger partial charge in [-0.25, -0.2) is 0 Å². The average Bonchev–Trinajstić information content (AvgIpc) is 3.54. The van der Waals surface area contributed by atoms with Crippen molar-refractivity contribution in [2.75, 3.05) is 0 Å². The van der Waals surface area contributed by atoms with E-state index in [1.807, 2.05) is 65.4 Å². The van der Waals surface area contributed by atoms with Gasteiger partial charge in [0.15, 0.2) is 0 Å². The Labute approximate surface area is 291 Å². The molecule has 0 saturated carbocycles. The molecule has 1 aliphatic carbocycles. The third kappa shape index (κ3) is 5.02. The molecule has 7 aromatic rings. The molecule has 8 rings (SSSR count). The molecule has 6 heteroatoms. The first-order valence-corrected chi connectivity index (χ1v) is 17.4.